The van der Waals surface area contributed by atoms with Crippen molar-refractivity contribution < 1.29 is 28.7 Å². The molecule has 1 atom stereocenters. The van der Waals surface area contributed by atoms with Crippen LogP contribution in [0.4, 0.5) is 4.39 Å². The first-order chi connectivity index (χ1) is 8.99. The van der Waals surface area contributed by atoms with Crippen LogP contribution in [0.5, 0.6) is 11.5 Å². The number of hydrogen-bond donors (Lipinski definition) is 2. The first kappa shape index (κ1) is 13.7. The first-order valence-corrected chi connectivity index (χ1v) is 5.99. The van der Waals surface area contributed by atoms with Gasteiger partial charge in [0.2, 0.25) is 0 Å². The van der Waals surface area contributed by atoms with Gasteiger partial charge in [0.15, 0.2) is 0 Å². The van der Waals surface area contributed by atoms with Crippen LogP contribution in [0.15, 0.2) is 12.1 Å². The van der Waals surface area contributed by atoms with Crippen LogP contribution < -0.4 is 9.39 Å². The minimum Gasteiger partial charge on any atom is -0.535 e. The second-order valence-corrected chi connectivity index (χ2v) is 4.44. The van der Waals surface area contributed by atoms with E-state index in [1.165, 1.54) is 13.0 Å². The van der Waals surface area contributed by atoms with Crippen LogP contribution in [0.25, 0.3) is 0 Å². The molecule has 1 aliphatic heterocycles. The Balaban J connectivity index is 2.39. The van der Waals surface area contributed by atoms with Crippen molar-refractivity contribution in [2.45, 2.75) is 25.8 Å². The third kappa shape index (κ3) is 2.98. The lowest BCUT2D eigenvalue weighted by atomic mass is 9.78. The smallest absolute Gasteiger partial charge is 0.522 e. The van der Waals surface area contributed by atoms with Crippen LogP contribution in [-0.2, 0) is 6.42 Å². The molecule has 1 aromatic rings. The summed E-state index contributed by atoms with van der Waals surface area (Å²) < 4.78 is 23.1. The molecule has 1 heterocycles. The molecule has 0 radical (unpaired) electrons. The van der Waals surface area contributed by atoms with E-state index in [-0.39, 0.29) is 23.7 Å². The highest BCUT2D eigenvalue weighted by Crippen LogP contribution is 2.36. The standard InChI is InChI=1S/C12H14BFO5/c1-7(14)6-18-9-3-2-8-4-5-13(17)19-11(8)10(9)12(15)16/h2-3,7,17H,4-6H2,1H3,(H,15,16). The van der Waals surface area contributed by atoms with E-state index < -0.39 is 19.3 Å². The predicted octanol–water partition coefficient (Wildman–Crippen LogP) is 1.54. The molecule has 5 nitrogen and oxygen atoms in total. The highest BCUT2D eigenvalue weighted by atomic mass is 19.1. The van der Waals surface area contributed by atoms with Gasteiger partial charge in [0.05, 0.1) is 0 Å². The number of benzene rings is 1. The van der Waals surface area contributed by atoms with Crippen LogP contribution in [0.1, 0.15) is 22.8 Å². The fourth-order valence-electron chi connectivity index (χ4n) is 1.94. The Morgan fingerprint density at radius 2 is 2.37 bits per heavy atom. The van der Waals surface area contributed by atoms with Gasteiger partial charge in [-0.25, -0.2) is 9.18 Å². The monoisotopic (exact) mass is 268 g/mol. The van der Waals surface area contributed by atoms with Crippen molar-refractivity contribution in [3.8, 4) is 11.5 Å². The van der Waals surface area contributed by atoms with Crippen LogP contribution in [-0.4, -0.2) is 36.0 Å². The van der Waals surface area contributed by atoms with E-state index in [9.17, 15) is 19.3 Å². The Hall–Kier alpha value is -1.76. The fraction of sp³-hybridized carbons (Fsp3) is 0.417. The zero-order valence-electron chi connectivity index (χ0n) is 10.4. The number of alkyl halides is 1. The van der Waals surface area contributed by atoms with Gasteiger partial charge >= 0.3 is 13.1 Å². The highest BCUT2D eigenvalue weighted by Gasteiger charge is 2.30. The third-order valence-corrected chi connectivity index (χ3v) is 2.80. The Morgan fingerprint density at radius 3 is 3.00 bits per heavy atom. The number of halogens is 1. The molecule has 0 amide bonds. The van der Waals surface area contributed by atoms with Gasteiger partial charge in [-0.15, -0.1) is 0 Å². The molecule has 0 spiro atoms. The topological polar surface area (TPSA) is 76.0 Å². The number of hydrogen-bond acceptors (Lipinski definition) is 4. The molecule has 7 heteroatoms. The normalized spacial score (nSPS) is 15.4. The van der Waals surface area contributed by atoms with Crippen LogP contribution >= 0.6 is 0 Å². The largest absolute Gasteiger partial charge is 0.535 e. The Bertz CT molecular complexity index is 491. The molecule has 2 rings (SSSR count). The molecule has 1 aromatic carbocycles. The van der Waals surface area contributed by atoms with E-state index in [4.69, 9.17) is 9.39 Å². The van der Waals surface area contributed by atoms with Gasteiger partial charge in [-0.05, 0) is 31.3 Å². The van der Waals surface area contributed by atoms with Crippen molar-refractivity contribution >= 4 is 13.1 Å². The van der Waals surface area contributed by atoms with Gasteiger partial charge in [0, 0.05) is 0 Å². The average molecular weight is 268 g/mol. The number of fused-ring (bicyclic) bond motifs is 1. The van der Waals surface area contributed by atoms with Gasteiger partial charge in [0.1, 0.15) is 29.8 Å². The SMILES string of the molecule is CC(F)COc1ccc2c(c1C(=O)O)OB(O)CC2. The molecule has 1 aliphatic rings. The van der Waals surface area contributed by atoms with Crippen LogP contribution in [0.3, 0.4) is 0 Å². The summed E-state index contributed by atoms with van der Waals surface area (Å²) in [6.45, 7) is 1.08. The van der Waals surface area contributed by atoms with Gasteiger partial charge in [-0.1, -0.05) is 6.07 Å². The van der Waals surface area contributed by atoms with Gasteiger partial charge < -0.3 is 19.5 Å². The van der Waals surface area contributed by atoms with Crippen LogP contribution in [0.2, 0.25) is 6.32 Å². The first-order valence-electron chi connectivity index (χ1n) is 5.99. The molecule has 102 valence electrons. The molecule has 0 aliphatic carbocycles. The number of rotatable bonds is 4. The third-order valence-electron chi connectivity index (χ3n) is 2.80. The summed E-state index contributed by atoms with van der Waals surface area (Å²) >= 11 is 0. The summed E-state index contributed by atoms with van der Waals surface area (Å²) in [5.41, 5.74) is 0.528. The predicted molar refractivity (Wildman–Crippen MR) is 66.6 cm³/mol. The lowest BCUT2D eigenvalue weighted by Gasteiger charge is -2.23. The van der Waals surface area contributed by atoms with Crippen molar-refractivity contribution in [1.82, 2.24) is 0 Å². The van der Waals surface area contributed by atoms with E-state index in [0.717, 1.165) is 0 Å². The summed E-state index contributed by atoms with van der Waals surface area (Å²) in [7, 11) is -1.03. The van der Waals surface area contributed by atoms with Crippen molar-refractivity contribution in [3.63, 3.8) is 0 Å². The van der Waals surface area contributed by atoms with Gasteiger partial charge in [-0.3, -0.25) is 0 Å². The van der Waals surface area contributed by atoms with E-state index in [2.05, 4.69) is 0 Å². The summed E-state index contributed by atoms with van der Waals surface area (Å²) in [6.07, 6.45) is -0.270. The van der Waals surface area contributed by atoms with Crippen molar-refractivity contribution in [3.05, 3.63) is 23.3 Å². The Kier molecular flexibility index (Phi) is 3.94. The Labute approximate surface area is 110 Å². The fourth-order valence-corrected chi connectivity index (χ4v) is 1.94. The van der Waals surface area contributed by atoms with E-state index in [0.29, 0.717) is 18.3 Å². The van der Waals surface area contributed by atoms with Gasteiger partial charge in [0.25, 0.3) is 0 Å². The maximum atomic E-state index is 12.8. The summed E-state index contributed by atoms with van der Waals surface area (Å²) in [4.78, 5) is 11.3. The number of carboxylic acid groups (broad SMARTS) is 1. The molecule has 0 bridgehead atoms. The molecule has 2 N–H and O–H groups in total. The van der Waals surface area contributed by atoms with Crippen molar-refractivity contribution in [1.29, 1.82) is 0 Å². The minimum atomic E-state index is -1.23. The molecule has 0 saturated carbocycles. The lowest BCUT2D eigenvalue weighted by molar-refractivity contribution is 0.0687. The second kappa shape index (κ2) is 5.48. The number of carboxylic acids is 1. The molecule has 0 fully saturated rings. The molecular formula is C12H14BFO5. The summed E-state index contributed by atoms with van der Waals surface area (Å²) in [5.74, 6) is -1.08. The summed E-state index contributed by atoms with van der Waals surface area (Å²) in [5, 5.41) is 18.7. The Morgan fingerprint density at radius 1 is 1.63 bits per heavy atom. The maximum Gasteiger partial charge on any atom is 0.522 e. The lowest BCUT2D eigenvalue weighted by Crippen LogP contribution is -2.28. The number of aromatic carboxylic acids is 1. The number of aryl methyl sites for hydroxylation is 1. The number of ether oxygens (including phenoxy) is 1. The van der Waals surface area contributed by atoms with Crippen molar-refractivity contribution in [2.75, 3.05) is 6.61 Å². The second-order valence-electron chi connectivity index (χ2n) is 4.44. The quantitative estimate of drug-likeness (QED) is 0.810. The van der Waals surface area contributed by atoms with E-state index >= 15 is 0 Å². The summed E-state index contributed by atoms with van der Waals surface area (Å²) in [6, 6.07) is 3.16. The average Bonchev–Trinajstić information content (AvgIpc) is 2.34. The van der Waals surface area contributed by atoms with Crippen LogP contribution in [0, 0.1) is 0 Å². The minimum absolute atomic E-state index is 0.0462. The van der Waals surface area contributed by atoms with Crippen molar-refractivity contribution in [2.24, 2.45) is 0 Å². The van der Waals surface area contributed by atoms with Gasteiger partial charge in [-0.2, -0.15) is 0 Å². The van der Waals surface area contributed by atoms with E-state index in [1.54, 1.807) is 6.07 Å². The number of carbonyl (C=O) groups is 1. The molecular weight excluding hydrogens is 254 g/mol. The molecule has 0 saturated heterocycles. The zero-order valence-corrected chi connectivity index (χ0v) is 10.4. The zero-order chi connectivity index (χ0) is 14.0. The van der Waals surface area contributed by atoms with E-state index in [1.807, 2.05) is 0 Å². The molecule has 0 aromatic heterocycles. The maximum absolute atomic E-state index is 12.8. The molecule has 19 heavy (non-hydrogen) atoms. The highest BCUT2D eigenvalue weighted by molar-refractivity contribution is 6.44. The molecule has 1 unspecified atom stereocenters.